The summed E-state index contributed by atoms with van der Waals surface area (Å²) in [5.74, 6) is 0.516. The number of nitrogens with zero attached hydrogens (tertiary/aromatic N) is 1. The Balaban J connectivity index is 1.96. The van der Waals surface area contributed by atoms with Crippen LogP contribution in [0.15, 0.2) is 46.4 Å². The zero-order valence-electron chi connectivity index (χ0n) is 14.3. The summed E-state index contributed by atoms with van der Waals surface area (Å²) in [7, 11) is 0. The molecule has 4 aromatic rings. The van der Waals surface area contributed by atoms with Crippen molar-refractivity contribution >= 4 is 44.5 Å². The fourth-order valence-electron chi connectivity index (χ4n) is 2.79. The van der Waals surface area contributed by atoms with E-state index in [9.17, 15) is 4.79 Å². The van der Waals surface area contributed by atoms with E-state index in [4.69, 9.17) is 15.1 Å². The van der Waals surface area contributed by atoms with Crippen LogP contribution in [0, 0.1) is 0 Å². The number of rotatable bonds is 4. The molecule has 26 heavy (non-hydrogen) atoms. The molecule has 4 rings (SSSR count). The molecule has 3 N–H and O–H groups in total. The van der Waals surface area contributed by atoms with Crippen LogP contribution < -0.4 is 11.1 Å². The van der Waals surface area contributed by atoms with Crippen LogP contribution in [0.5, 0.6) is 0 Å². The first kappa shape index (κ1) is 16.8. The molecule has 0 aliphatic heterocycles. The first-order valence-corrected chi connectivity index (χ1v) is 9.86. The fraction of sp³-hybridized carbons (Fsp3) is 0.158. The maximum Gasteiger partial charge on any atom is 0.263 e. The van der Waals surface area contributed by atoms with Crippen LogP contribution in [0.4, 0.5) is 5.69 Å². The number of hydrogen-bond donors (Lipinski definition) is 2. The lowest BCUT2D eigenvalue weighted by Crippen LogP contribution is -2.29. The largest absolute Gasteiger partial charge is 0.463 e. The van der Waals surface area contributed by atoms with Crippen molar-refractivity contribution in [3.63, 3.8) is 0 Å². The number of carbonyl (C=O) groups excluding carboxylic acids is 1. The van der Waals surface area contributed by atoms with Crippen LogP contribution in [-0.4, -0.2) is 16.9 Å². The van der Waals surface area contributed by atoms with Crippen LogP contribution in [-0.2, 0) is 0 Å². The second-order valence-electron chi connectivity index (χ2n) is 6.16. The molecular weight excluding hydrogens is 366 g/mol. The molecule has 0 atom stereocenters. The highest BCUT2D eigenvalue weighted by molar-refractivity contribution is 7.21. The summed E-state index contributed by atoms with van der Waals surface area (Å²) >= 11 is 2.94. The smallest absolute Gasteiger partial charge is 0.263 e. The second kappa shape index (κ2) is 6.59. The average Bonchev–Trinajstić information content (AvgIpc) is 3.35. The van der Waals surface area contributed by atoms with E-state index in [0.717, 1.165) is 26.4 Å². The van der Waals surface area contributed by atoms with Gasteiger partial charge in [-0.1, -0.05) is 6.07 Å². The van der Waals surface area contributed by atoms with Crippen LogP contribution in [0.2, 0.25) is 0 Å². The molecule has 0 fully saturated rings. The predicted molar refractivity (Wildman–Crippen MR) is 108 cm³/mol. The first-order valence-electron chi connectivity index (χ1n) is 8.16. The van der Waals surface area contributed by atoms with Gasteiger partial charge in [-0.05, 0) is 43.5 Å². The molecule has 5 nitrogen and oxygen atoms in total. The molecule has 0 spiro atoms. The van der Waals surface area contributed by atoms with Gasteiger partial charge in [0, 0.05) is 21.9 Å². The second-order valence-corrected chi connectivity index (χ2v) is 8.11. The van der Waals surface area contributed by atoms with Gasteiger partial charge in [-0.25, -0.2) is 4.98 Å². The van der Waals surface area contributed by atoms with E-state index in [1.54, 1.807) is 17.6 Å². The third-order valence-electron chi connectivity index (χ3n) is 3.89. The first-order chi connectivity index (χ1) is 12.5. The summed E-state index contributed by atoms with van der Waals surface area (Å²) < 4.78 is 5.51. The number of nitrogens with one attached hydrogen (secondary N) is 1. The van der Waals surface area contributed by atoms with Gasteiger partial charge in [0.1, 0.15) is 15.4 Å². The number of aromatic nitrogens is 1. The van der Waals surface area contributed by atoms with Crippen LogP contribution in [0.1, 0.15) is 23.5 Å². The maximum absolute atomic E-state index is 12.5. The minimum absolute atomic E-state index is 0.0375. The number of pyridine rings is 1. The third-order valence-corrected chi connectivity index (χ3v) is 5.89. The lowest BCUT2D eigenvalue weighted by molar-refractivity contribution is 0.0948. The molecule has 0 aliphatic rings. The molecule has 0 saturated carbocycles. The van der Waals surface area contributed by atoms with Crippen LogP contribution >= 0.6 is 22.7 Å². The molecule has 0 aliphatic carbocycles. The number of furan rings is 1. The van der Waals surface area contributed by atoms with E-state index in [2.05, 4.69) is 5.32 Å². The number of nitrogens with two attached hydrogens (primary N) is 1. The Hall–Kier alpha value is -2.64. The van der Waals surface area contributed by atoms with Gasteiger partial charge in [0.05, 0.1) is 12.0 Å². The van der Waals surface area contributed by atoms with E-state index in [0.29, 0.717) is 16.3 Å². The Morgan fingerprint density at radius 3 is 2.81 bits per heavy atom. The molecule has 0 radical (unpaired) electrons. The minimum Gasteiger partial charge on any atom is -0.463 e. The van der Waals surface area contributed by atoms with Gasteiger partial charge in [-0.2, -0.15) is 0 Å². The topological polar surface area (TPSA) is 81.2 Å². The highest BCUT2D eigenvalue weighted by atomic mass is 32.1. The van der Waals surface area contributed by atoms with Gasteiger partial charge in [0.15, 0.2) is 5.76 Å². The Labute approximate surface area is 158 Å². The molecule has 0 aromatic carbocycles. The van der Waals surface area contributed by atoms with E-state index in [1.165, 1.54) is 11.3 Å². The van der Waals surface area contributed by atoms with Crippen molar-refractivity contribution < 1.29 is 9.21 Å². The van der Waals surface area contributed by atoms with Crippen molar-refractivity contribution in [3.8, 4) is 21.9 Å². The average molecular weight is 383 g/mol. The molecule has 0 unspecified atom stereocenters. The SMILES string of the molecule is CC(C)NC(=O)c1sc2nc(-c3ccco3)cc(-c3cccs3)c2c1N. The van der Waals surface area contributed by atoms with Gasteiger partial charge in [0.25, 0.3) is 5.91 Å². The van der Waals surface area contributed by atoms with Crippen molar-refractivity contribution in [1.82, 2.24) is 10.3 Å². The summed E-state index contributed by atoms with van der Waals surface area (Å²) in [5.41, 5.74) is 8.55. The number of anilines is 1. The van der Waals surface area contributed by atoms with E-state index in [-0.39, 0.29) is 11.9 Å². The number of thiophene rings is 2. The Bertz CT molecular complexity index is 1060. The van der Waals surface area contributed by atoms with E-state index in [1.807, 2.05) is 49.6 Å². The van der Waals surface area contributed by atoms with Crippen molar-refractivity contribution in [2.24, 2.45) is 0 Å². The predicted octanol–water partition coefficient (Wildman–Crippen LogP) is 5.01. The number of carbonyl (C=O) groups is 1. The molecule has 132 valence electrons. The molecular formula is C19H17N3O2S2. The molecule has 1 amide bonds. The molecule has 4 aromatic heterocycles. The maximum atomic E-state index is 12.5. The standard InChI is InChI=1S/C19H17N3O2S2/c1-10(2)21-18(23)17-16(20)15-11(14-6-4-8-25-14)9-12(22-19(15)26-17)13-5-3-7-24-13/h3-10H,20H2,1-2H3,(H,21,23). The molecule has 7 heteroatoms. The Morgan fingerprint density at radius 2 is 2.15 bits per heavy atom. The summed E-state index contributed by atoms with van der Waals surface area (Å²) in [6.07, 6.45) is 1.62. The normalized spacial score (nSPS) is 11.3. The fourth-order valence-corrected chi connectivity index (χ4v) is 4.57. The minimum atomic E-state index is -0.169. The molecule has 4 heterocycles. The quantitative estimate of drug-likeness (QED) is 0.519. The van der Waals surface area contributed by atoms with E-state index >= 15 is 0 Å². The molecule has 0 bridgehead atoms. The van der Waals surface area contributed by atoms with Gasteiger partial charge in [0.2, 0.25) is 0 Å². The van der Waals surface area contributed by atoms with Gasteiger partial charge < -0.3 is 15.5 Å². The highest BCUT2D eigenvalue weighted by Gasteiger charge is 2.22. The Kier molecular flexibility index (Phi) is 4.26. The summed E-state index contributed by atoms with van der Waals surface area (Å²) in [6.45, 7) is 3.84. The van der Waals surface area contributed by atoms with Crippen LogP contribution in [0.25, 0.3) is 32.1 Å². The van der Waals surface area contributed by atoms with Gasteiger partial charge >= 0.3 is 0 Å². The summed E-state index contributed by atoms with van der Waals surface area (Å²) in [5, 5.41) is 5.74. The Morgan fingerprint density at radius 1 is 1.31 bits per heavy atom. The van der Waals surface area contributed by atoms with Gasteiger partial charge in [-0.3, -0.25) is 4.79 Å². The third kappa shape index (κ3) is 2.89. The lowest BCUT2D eigenvalue weighted by atomic mass is 10.1. The summed E-state index contributed by atoms with van der Waals surface area (Å²) in [6, 6.07) is 9.74. The van der Waals surface area contributed by atoms with Crippen molar-refractivity contribution in [2.75, 3.05) is 5.73 Å². The van der Waals surface area contributed by atoms with Crippen molar-refractivity contribution in [3.05, 3.63) is 46.9 Å². The number of fused-ring (bicyclic) bond motifs is 1. The summed E-state index contributed by atoms with van der Waals surface area (Å²) in [4.78, 5) is 19.5. The molecule has 0 saturated heterocycles. The zero-order valence-corrected chi connectivity index (χ0v) is 15.9. The lowest BCUT2D eigenvalue weighted by Gasteiger charge is -2.07. The number of amides is 1. The monoisotopic (exact) mass is 383 g/mol. The number of hydrogen-bond acceptors (Lipinski definition) is 6. The van der Waals surface area contributed by atoms with Crippen molar-refractivity contribution in [2.45, 2.75) is 19.9 Å². The zero-order chi connectivity index (χ0) is 18.3. The van der Waals surface area contributed by atoms with Crippen LogP contribution in [0.3, 0.4) is 0 Å². The highest BCUT2D eigenvalue weighted by Crippen LogP contribution is 2.42. The van der Waals surface area contributed by atoms with E-state index < -0.39 is 0 Å². The number of nitrogen functional groups attached to an aromatic ring is 1. The van der Waals surface area contributed by atoms with Crippen molar-refractivity contribution in [1.29, 1.82) is 0 Å². The van der Waals surface area contributed by atoms with Gasteiger partial charge in [-0.15, -0.1) is 22.7 Å².